The quantitative estimate of drug-likeness (QED) is 0.309. The summed E-state index contributed by atoms with van der Waals surface area (Å²) in [7, 11) is 0. The van der Waals surface area contributed by atoms with Crippen molar-refractivity contribution in [3.63, 3.8) is 0 Å². The van der Waals surface area contributed by atoms with Gasteiger partial charge in [-0.25, -0.2) is 0 Å². The van der Waals surface area contributed by atoms with Crippen LogP contribution in [-0.4, -0.2) is 16.3 Å². The normalized spacial score (nSPS) is 7.44. The minimum Gasteiger partial charge on any atom is -1.00 e. The van der Waals surface area contributed by atoms with E-state index in [0.717, 1.165) is 0 Å². The van der Waals surface area contributed by atoms with Crippen molar-refractivity contribution in [3.05, 3.63) is 0 Å². The summed E-state index contributed by atoms with van der Waals surface area (Å²) in [5.41, 5.74) is 0. The monoisotopic (exact) mass is 182 g/mol. The molecule has 0 aromatic carbocycles. The van der Waals surface area contributed by atoms with Crippen LogP contribution < -0.4 is 24.8 Å². The molecule has 0 radical (unpaired) electrons. The van der Waals surface area contributed by atoms with Crippen LogP contribution in [0.3, 0.4) is 0 Å². The zero-order chi connectivity index (χ0) is 5.54. The maximum Gasteiger partial charge on any atom is -1.00 e. The first-order chi connectivity index (χ1) is 3.41. The maximum absolute atomic E-state index is 2.75. The molecule has 9 heavy (non-hydrogen) atoms. The molecule has 0 nitrogen and oxygen atoms in total. The zero-order valence-corrected chi connectivity index (χ0v) is 8.54. The van der Waals surface area contributed by atoms with Crippen molar-refractivity contribution < 1.29 is 24.8 Å². The Morgan fingerprint density at radius 1 is 1.00 bits per heavy atom. The summed E-state index contributed by atoms with van der Waals surface area (Å²) in [6.45, 7) is 2.24. The molecule has 0 aliphatic carbocycles. The van der Waals surface area contributed by atoms with Gasteiger partial charge < -0.3 is 24.8 Å². The third-order valence-electron chi connectivity index (χ3n) is 1.06. The Kier molecular flexibility index (Phi) is 29.6. The Bertz CT molecular complexity index is 30.2. The van der Waals surface area contributed by atoms with Gasteiger partial charge in [-0.1, -0.05) is 0 Å². The van der Waals surface area contributed by atoms with Gasteiger partial charge in [0.25, 0.3) is 0 Å². The van der Waals surface area contributed by atoms with Gasteiger partial charge in [0.05, 0.1) is 0 Å². The summed E-state index contributed by atoms with van der Waals surface area (Å²) in [6, 6.07) is 0. The molecule has 3 heteroatoms. The molecule has 0 aliphatic heterocycles. The Morgan fingerprint density at radius 3 is 1.89 bits per heavy atom. The predicted molar refractivity (Wildman–Crippen MR) is 34.7 cm³/mol. The van der Waals surface area contributed by atoms with Gasteiger partial charge in [0.15, 0.2) is 0 Å². The van der Waals surface area contributed by atoms with Crippen LogP contribution in [0.4, 0.5) is 0 Å². The summed E-state index contributed by atoms with van der Waals surface area (Å²) in [5.74, 6) is 0. The van der Waals surface area contributed by atoms with E-state index >= 15 is 0 Å². The van der Waals surface area contributed by atoms with E-state index < -0.39 is 0 Å². The van der Waals surface area contributed by atoms with Gasteiger partial charge in [0.1, 0.15) is 0 Å². The summed E-state index contributed by atoms with van der Waals surface area (Å²) in [6.07, 6.45) is 5.57. The summed E-state index contributed by atoms with van der Waals surface area (Å²) >= 11 is 2.75. The molecule has 0 aromatic rings. The summed E-state index contributed by atoms with van der Waals surface area (Å²) in [5, 5.41) is 1.28. The van der Waals surface area contributed by atoms with Crippen molar-refractivity contribution in [1.82, 2.24) is 0 Å². The third-order valence-corrected chi connectivity index (χ3v) is 1.47. The molecule has 0 saturated carbocycles. The van der Waals surface area contributed by atoms with Crippen molar-refractivity contribution in [2.24, 2.45) is 0 Å². The molecule has 0 bridgehead atoms. The Balaban J connectivity index is -0.000000180. The number of rotatable bonds is 4. The fourth-order valence-corrected chi connectivity index (χ4v) is 0.860. The fourth-order valence-electron chi connectivity index (χ4n) is 0.571. The second-order valence-corrected chi connectivity index (χ2v) is 2.43. The molecule has 0 aromatic heterocycles. The molecule has 0 N–H and O–H groups in total. The van der Waals surface area contributed by atoms with Crippen LogP contribution in [0.2, 0.25) is 5.28 Å². The van der Waals surface area contributed by atoms with Gasteiger partial charge in [0, 0.05) is 0 Å². The SMILES string of the molecule is CCCCC[CH2][Al+2].[Cl-].[Cl-]. The molecule has 0 spiro atoms. The Morgan fingerprint density at radius 2 is 1.56 bits per heavy atom. The van der Waals surface area contributed by atoms with Crippen molar-refractivity contribution in [1.29, 1.82) is 0 Å². The fraction of sp³-hybridized carbons (Fsp3) is 1.00. The maximum atomic E-state index is 2.75. The molecular formula is C6H13AlCl2. The molecule has 0 fully saturated rings. The van der Waals surface area contributed by atoms with E-state index in [1.165, 1.54) is 31.0 Å². The van der Waals surface area contributed by atoms with Crippen LogP contribution in [0.15, 0.2) is 0 Å². The van der Waals surface area contributed by atoms with Crippen LogP contribution in [0, 0.1) is 0 Å². The minimum atomic E-state index is 0. The van der Waals surface area contributed by atoms with Gasteiger partial charge >= 0.3 is 54.2 Å². The van der Waals surface area contributed by atoms with Gasteiger partial charge in [0.2, 0.25) is 0 Å². The zero-order valence-electron chi connectivity index (χ0n) is 5.87. The molecule has 0 aliphatic rings. The van der Waals surface area contributed by atoms with Gasteiger partial charge in [-0.2, -0.15) is 0 Å². The second-order valence-electron chi connectivity index (χ2n) is 1.85. The molecule has 0 heterocycles. The van der Waals surface area contributed by atoms with Crippen LogP contribution in [0.5, 0.6) is 0 Å². The number of unbranched alkanes of at least 4 members (excludes halogenated alkanes) is 3. The third kappa shape index (κ3) is 17.6. The van der Waals surface area contributed by atoms with Crippen molar-refractivity contribution >= 4 is 16.3 Å². The second kappa shape index (κ2) is 16.1. The molecule has 0 unspecified atom stereocenters. The van der Waals surface area contributed by atoms with E-state index in [1.54, 1.807) is 0 Å². The van der Waals surface area contributed by atoms with E-state index in [0.29, 0.717) is 0 Å². The Hall–Kier alpha value is 1.11. The molecule has 0 rings (SSSR count). The smallest absolute Gasteiger partial charge is 1.00 e. The first-order valence-electron chi connectivity index (χ1n) is 3.12. The molecule has 0 amide bonds. The van der Waals surface area contributed by atoms with E-state index in [-0.39, 0.29) is 24.8 Å². The first-order valence-corrected chi connectivity index (χ1v) is 3.93. The van der Waals surface area contributed by atoms with Crippen molar-refractivity contribution in [2.75, 3.05) is 0 Å². The number of halogens is 2. The minimum absolute atomic E-state index is 0. The van der Waals surface area contributed by atoms with Crippen molar-refractivity contribution in [3.8, 4) is 0 Å². The molecular weight excluding hydrogens is 170 g/mol. The van der Waals surface area contributed by atoms with E-state index in [2.05, 4.69) is 23.2 Å². The topological polar surface area (TPSA) is 0 Å². The van der Waals surface area contributed by atoms with E-state index in [1.807, 2.05) is 0 Å². The summed E-state index contributed by atoms with van der Waals surface area (Å²) in [4.78, 5) is 0. The van der Waals surface area contributed by atoms with Gasteiger partial charge in [-0.05, 0) is 0 Å². The summed E-state index contributed by atoms with van der Waals surface area (Å²) < 4.78 is 0. The first kappa shape index (κ1) is 16.6. The average molecular weight is 183 g/mol. The van der Waals surface area contributed by atoms with E-state index in [9.17, 15) is 0 Å². The predicted octanol–water partition coefficient (Wildman–Crippen LogP) is -3.84. The number of hydrogen-bond acceptors (Lipinski definition) is 0. The number of hydrogen-bond donors (Lipinski definition) is 0. The van der Waals surface area contributed by atoms with Crippen LogP contribution >= 0.6 is 0 Å². The molecule has 0 atom stereocenters. The van der Waals surface area contributed by atoms with Gasteiger partial charge in [-0.3, -0.25) is 0 Å². The standard InChI is InChI=1S/C6H13.Al.2ClH/c1-3-5-6-4-2;;;/h1,3-6H2,2H3;;2*1H/q;+2;;/p-2. The van der Waals surface area contributed by atoms with Crippen molar-refractivity contribution in [2.45, 2.75) is 37.9 Å². The molecule has 0 saturated heterocycles. The molecule has 54 valence electrons. The average Bonchev–Trinajstić information content (AvgIpc) is 1.69. The van der Waals surface area contributed by atoms with Gasteiger partial charge in [-0.15, -0.1) is 0 Å². The van der Waals surface area contributed by atoms with E-state index in [4.69, 9.17) is 0 Å². The largest absolute Gasteiger partial charge is 1.00 e. The van der Waals surface area contributed by atoms with Crippen LogP contribution in [0.25, 0.3) is 0 Å². The van der Waals surface area contributed by atoms with Crippen LogP contribution in [-0.2, 0) is 0 Å². The Labute approximate surface area is 79.0 Å². The van der Waals surface area contributed by atoms with Crippen LogP contribution in [0.1, 0.15) is 32.6 Å².